The van der Waals surface area contributed by atoms with Crippen molar-refractivity contribution in [3.63, 3.8) is 0 Å². The minimum atomic E-state index is -0.210. The van der Waals surface area contributed by atoms with Gasteiger partial charge in [0.25, 0.3) is 0 Å². The Hall–Kier alpha value is -2.53. The molecule has 0 N–H and O–H groups in total. The molecule has 4 nitrogen and oxygen atoms in total. The lowest BCUT2D eigenvalue weighted by Crippen LogP contribution is -2.24. The van der Waals surface area contributed by atoms with E-state index in [9.17, 15) is 0 Å². The maximum Gasteiger partial charge on any atom is 0.233 e. The first kappa shape index (κ1) is 15.0. The third-order valence-corrected chi connectivity index (χ3v) is 4.59. The van der Waals surface area contributed by atoms with Crippen molar-refractivity contribution in [2.24, 2.45) is 4.99 Å². The Balaban J connectivity index is 2.07. The molecule has 0 fully saturated rings. The van der Waals surface area contributed by atoms with Crippen molar-refractivity contribution in [2.45, 2.75) is 26.3 Å². The molecule has 1 aromatic heterocycles. The van der Waals surface area contributed by atoms with E-state index in [4.69, 9.17) is 15.0 Å². The van der Waals surface area contributed by atoms with E-state index < -0.39 is 0 Å². The Bertz CT molecular complexity index is 1020. The fourth-order valence-corrected chi connectivity index (χ4v) is 3.57. The van der Waals surface area contributed by atoms with Gasteiger partial charge in [-0.15, -0.1) is 0 Å². The summed E-state index contributed by atoms with van der Waals surface area (Å²) in [6.45, 7) is 6.24. The number of hydrogen-bond donors (Lipinski definition) is 0. The van der Waals surface area contributed by atoms with Crippen LogP contribution < -0.4 is 5.62 Å². The van der Waals surface area contributed by atoms with E-state index in [0.29, 0.717) is 5.62 Å². The van der Waals surface area contributed by atoms with Crippen LogP contribution in [0.5, 0.6) is 0 Å². The Morgan fingerprint density at radius 1 is 0.917 bits per heavy atom. The smallest absolute Gasteiger partial charge is 0.233 e. The van der Waals surface area contributed by atoms with Gasteiger partial charge < -0.3 is 0 Å². The van der Waals surface area contributed by atoms with E-state index in [1.807, 2.05) is 42.5 Å². The summed E-state index contributed by atoms with van der Waals surface area (Å²) in [7, 11) is 0. The fraction of sp³-hybridized carbons (Fsp3) is 0.211. The summed E-state index contributed by atoms with van der Waals surface area (Å²) >= 11 is 1.66. The first-order chi connectivity index (χ1) is 11.5. The molecule has 2 heterocycles. The molecule has 1 aliphatic carbocycles. The average Bonchev–Trinajstić information content (AvgIpc) is 2.99. The molecule has 0 amide bonds. The lowest BCUT2D eigenvalue weighted by atomic mass is 10.1. The molecule has 5 heteroatoms. The van der Waals surface area contributed by atoms with Crippen molar-refractivity contribution >= 4 is 21.6 Å². The summed E-state index contributed by atoms with van der Waals surface area (Å²) in [5, 5.41) is 0.896. The van der Waals surface area contributed by atoms with E-state index >= 15 is 0 Å². The van der Waals surface area contributed by atoms with Crippen LogP contribution in [0.3, 0.4) is 0 Å². The van der Waals surface area contributed by atoms with Crippen molar-refractivity contribution in [2.75, 3.05) is 0 Å². The number of thiazole rings is 1. The van der Waals surface area contributed by atoms with Crippen LogP contribution in [0.2, 0.25) is 0 Å². The third kappa shape index (κ3) is 2.71. The SMILES string of the molecule is CC(C)(C)N=c1nc2cccccc-2n1-c1nc2ccccc2s1. The van der Waals surface area contributed by atoms with Crippen LogP contribution in [-0.2, 0) is 0 Å². The van der Waals surface area contributed by atoms with E-state index in [-0.39, 0.29) is 5.54 Å². The Morgan fingerprint density at radius 3 is 2.46 bits per heavy atom. The molecule has 0 spiro atoms. The van der Waals surface area contributed by atoms with Crippen molar-refractivity contribution in [1.82, 2.24) is 14.5 Å². The summed E-state index contributed by atoms with van der Waals surface area (Å²) in [5.41, 5.74) is 3.42. The van der Waals surface area contributed by atoms with Gasteiger partial charge in [0.2, 0.25) is 5.62 Å². The number of imidazole rings is 1. The highest BCUT2D eigenvalue weighted by molar-refractivity contribution is 7.20. The second-order valence-electron chi connectivity index (χ2n) is 6.68. The van der Waals surface area contributed by atoms with Gasteiger partial charge in [0.15, 0.2) is 5.13 Å². The summed E-state index contributed by atoms with van der Waals surface area (Å²) in [6, 6.07) is 18.3. The topological polar surface area (TPSA) is 43.1 Å². The number of hydrogen-bond acceptors (Lipinski definition) is 4. The molecule has 0 saturated carbocycles. The molecule has 0 saturated heterocycles. The number of benzene rings is 1. The van der Waals surface area contributed by atoms with Gasteiger partial charge in [0.05, 0.1) is 27.1 Å². The monoisotopic (exact) mass is 334 g/mol. The highest BCUT2D eigenvalue weighted by Crippen LogP contribution is 2.27. The average molecular weight is 334 g/mol. The van der Waals surface area contributed by atoms with Crippen LogP contribution in [0, 0.1) is 0 Å². The van der Waals surface area contributed by atoms with Gasteiger partial charge in [0, 0.05) is 0 Å². The quantitative estimate of drug-likeness (QED) is 0.521. The standard InChI is InChI=1S/C19H18N4S/c1-19(2,3)22-17-20-13-9-5-4-6-11-15(13)23(17)18-21-14-10-7-8-12-16(14)24-18/h4-12H,1-3H3. The molecular formula is C19H18N4S. The molecule has 24 heavy (non-hydrogen) atoms. The molecule has 1 aliphatic heterocycles. The highest BCUT2D eigenvalue weighted by Gasteiger charge is 2.18. The Kier molecular flexibility index (Phi) is 3.46. The van der Waals surface area contributed by atoms with Gasteiger partial charge in [-0.2, -0.15) is 0 Å². The molecule has 0 bridgehead atoms. The van der Waals surface area contributed by atoms with Crippen molar-refractivity contribution < 1.29 is 0 Å². The van der Waals surface area contributed by atoms with Gasteiger partial charge in [-0.3, -0.25) is 4.57 Å². The van der Waals surface area contributed by atoms with Gasteiger partial charge >= 0.3 is 0 Å². The minimum absolute atomic E-state index is 0.210. The van der Waals surface area contributed by atoms with Crippen molar-refractivity contribution in [3.05, 3.63) is 60.2 Å². The molecule has 0 unspecified atom stereocenters. The van der Waals surface area contributed by atoms with Crippen LogP contribution in [0.15, 0.2) is 59.6 Å². The molecule has 4 rings (SSSR count). The molecule has 0 atom stereocenters. The summed E-state index contributed by atoms with van der Waals surface area (Å²) in [6.07, 6.45) is 0. The van der Waals surface area contributed by atoms with Crippen LogP contribution in [-0.4, -0.2) is 20.1 Å². The van der Waals surface area contributed by atoms with Crippen molar-refractivity contribution in [3.8, 4) is 16.5 Å². The number of rotatable bonds is 1. The van der Waals surface area contributed by atoms with Crippen LogP contribution in [0.4, 0.5) is 0 Å². The fourth-order valence-electron chi connectivity index (χ4n) is 2.60. The van der Waals surface area contributed by atoms with Gasteiger partial charge in [-0.05, 0) is 45.0 Å². The first-order valence-electron chi connectivity index (χ1n) is 7.91. The predicted molar refractivity (Wildman–Crippen MR) is 98.7 cm³/mol. The lowest BCUT2D eigenvalue weighted by Gasteiger charge is -2.10. The zero-order chi connectivity index (χ0) is 16.7. The number of fused-ring (bicyclic) bond motifs is 2. The summed E-state index contributed by atoms with van der Waals surface area (Å²) in [4.78, 5) is 14.4. The summed E-state index contributed by atoms with van der Waals surface area (Å²) in [5.74, 6) is 0. The zero-order valence-corrected chi connectivity index (χ0v) is 14.7. The second kappa shape index (κ2) is 5.53. The van der Waals surface area contributed by atoms with Crippen LogP contribution in [0.1, 0.15) is 20.8 Å². The predicted octanol–water partition coefficient (Wildman–Crippen LogP) is 4.29. The zero-order valence-electron chi connectivity index (χ0n) is 13.9. The lowest BCUT2D eigenvalue weighted by molar-refractivity contribution is 0.552. The number of para-hydroxylation sites is 1. The Labute approximate surface area is 144 Å². The molecule has 120 valence electrons. The minimum Gasteiger partial charge on any atom is -0.252 e. The van der Waals surface area contributed by atoms with E-state index in [0.717, 1.165) is 26.7 Å². The largest absolute Gasteiger partial charge is 0.252 e. The maximum absolute atomic E-state index is 4.81. The third-order valence-electron chi connectivity index (χ3n) is 3.56. The van der Waals surface area contributed by atoms with Crippen LogP contribution >= 0.6 is 11.3 Å². The van der Waals surface area contributed by atoms with Gasteiger partial charge in [-0.1, -0.05) is 41.7 Å². The molecule has 1 aromatic carbocycles. The Morgan fingerprint density at radius 2 is 1.67 bits per heavy atom. The van der Waals surface area contributed by atoms with Crippen LogP contribution in [0.25, 0.3) is 26.7 Å². The second-order valence-corrected chi connectivity index (χ2v) is 7.68. The maximum atomic E-state index is 4.81. The summed E-state index contributed by atoms with van der Waals surface area (Å²) < 4.78 is 3.22. The molecule has 2 aliphatic rings. The molecule has 2 aromatic rings. The number of aromatic nitrogens is 3. The van der Waals surface area contributed by atoms with E-state index in [1.165, 1.54) is 0 Å². The number of nitrogens with zero attached hydrogens (tertiary/aromatic N) is 4. The molecular weight excluding hydrogens is 316 g/mol. The normalized spacial score (nSPS) is 13.0. The van der Waals surface area contributed by atoms with Crippen molar-refractivity contribution in [1.29, 1.82) is 0 Å². The van der Waals surface area contributed by atoms with Gasteiger partial charge in [-0.25, -0.2) is 15.0 Å². The van der Waals surface area contributed by atoms with E-state index in [2.05, 4.69) is 37.5 Å². The first-order valence-corrected chi connectivity index (χ1v) is 8.73. The van der Waals surface area contributed by atoms with Gasteiger partial charge in [0.1, 0.15) is 0 Å². The highest BCUT2D eigenvalue weighted by atomic mass is 32.1. The molecule has 0 radical (unpaired) electrons. The van der Waals surface area contributed by atoms with E-state index in [1.54, 1.807) is 11.3 Å².